The Morgan fingerprint density at radius 1 is 1.44 bits per heavy atom. The second kappa shape index (κ2) is 6.95. The molecule has 0 aliphatic carbocycles. The molecule has 1 aromatic carbocycles. The molecule has 2 amide bonds. The molecular formula is C11H12BrFN2O3. The Hall–Kier alpha value is -1.63. The second-order valence-electron chi connectivity index (χ2n) is 3.24. The average Bonchev–Trinajstić information content (AvgIpc) is 2.32. The van der Waals surface area contributed by atoms with E-state index in [-0.39, 0.29) is 18.8 Å². The van der Waals surface area contributed by atoms with Crippen molar-refractivity contribution in [2.24, 2.45) is 0 Å². The van der Waals surface area contributed by atoms with E-state index in [1.165, 1.54) is 12.1 Å². The van der Waals surface area contributed by atoms with E-state index in [0.717, 1.165) is 6.07 Å². The zero-order valence-corrected chi connectivity index (χ0v) is 11.2. The highest BCUT2D eigenvalue weighted by molar-refractivity contribution is 9.10. The summed E-state index contributed by atoms with van der Waals surface area (Å²) >= 11 is 3.00. The molecule has 7 heteroatoms. The molecule has 1 aromatic rings. The second-order valence-corrected chi connectivity index (χ2v) is 4.10. The number of carbonyl (C=O) groups excluding carboxylic acids is 2. The van der Waals surface area contributed by atoms with Crippen molar-refractivity contribution in [3.8, 4) is 0 Å². The molecule has 0 atom stereocenters. The van der Waals surface area contributed by atoms with E-state index in [0.29, 0.717) is 4.47 Å². The van der Waals surface area contributed by atoms with Gasteiger partial charge in [-0.15, -0.1) is 0 Å². The van der Waals surface area contributed by atoms with Crippen molar-refractivity contribution in [3.63, 3.8) is 0 Å². The minimum Gasteiger partial charge on any atom is -0.465 e. The Bertz CT molecular complexity index is 454. The number of esters is 1. The molecule has 0 aromatic heterocycles. The van der Waals surface area contributed by atoms with Gasteiger partial charge in [0, 0.05) is 5.69 Å². The van der Waals surface area contributed by atoms with Crippen molar-refractivity contribution in [1.82, 2.24) is 5.32 Å². The van der Waals surface area contributed by atoms with Crippen LogP contribution in [0.3, 0.4) is 0 Å². The Morgan fingerprint density at radius 2 is 2.17 bits per heavy atom. The van der Waals surface area contributed by atoms with Crippen molar-refractivity contribution in [2.45, 2.75) is 6.92 Å². The van der Waals surface area contributed by atoms with Crippen LogP contribution in [-0.2, 0) is 9.53 Å². The van der Waals surface area contributed by atoms with E-state index in [1.807, 2.05) is 0 Å². The van der Waals surface area contributed by atoms with E-state index < -0.39 is 17.8 Å². The van der Waals surface area contributed by atoms with E-state index in [2.05, 4.69) is 31.3 Å². The molecule has 5 nitrogen and oxygen atoms in total. The predicted molar refractivity (Wildman–Crippen MR) is 67.8 cm³/mol. The number of carbonyl (C=O) groups is 2. The van der Waals surface area contributed by atoms with Gasteiger partial charge in [-0.05, 0) is 41.1 Å². The summed E-state index contributed by atoms with van der Waals surface area (Å²) in [5.74, 6) is -1.02. The van der Waals surface area contributed by atoms with Crippen LogP contribution in [0.25, 0.3) is 0 Å². The van der Waals surface area contributed by atoms with E-state index in [4.69, 9.17) is 0 Å². The van der Waals surface area contributed by atoms with Crippen LogP contribution in [-0.4, -0.2) is 25.2 Å². The quantitative estimate of drug-likeness (QED) is 0.837. The third kappa shape index (κ3) is 4.70. The molecule has 18 heavy (non-hydrogen) atoms. The van der Waals surface area contributed by atoms with Gasteiger partial charge in [0.15, 0.2) is 0 Å². The molecule has 0 saturated carbocycles. The first kappa shape index (κ1) is 14.4. The summed E-state index contributed by atoms with van der Waals surface area (Å²) in [6.07, 6.45) is 0. The lowest BCUT2D eigenvalue weighted by Crippen LogP contribution is -2.34. The smallest absolute Gasteiger partial charge is 0.325 e. The van der Waals surface area contributed by atoms with Crippen molar-refractivity contribution in [1.29, 1.82) is 0 Å². The Kier molecular flexibility index (Phi) is 5.57. The van der Waals surface area contributed by atoms with Crippen molar-refractivity contribution in [3.05, 3.63) is 28.5 Å². The van der Waals surface area contributed by atoms with Gasteiger partial charge in [-0.1, -0.05) is 0 Å². The van der Waals surface area contributed by atoms with Crippen LogP contribution >= 0.6 is 15.9 Å². The molecule has 0 bridgehead atoms. The van der Waals surface area contributed by atoms with Crippen molar-refractivity contribution < 1.29 is 18.7 Å². The van der Waals surface area contributed by atoms with Crippen LogP contribution in [0.15, 0.2) is 22.7 Å². The highest BCUT2D eigenvalue weighted by Crippen LogP contribution is 2.19. The summed E-state index contributed by atoms with van der Waals surface area (Å²) in [5, 5.41) is 4.68. The molecular weight excluding hydrogens is 307 g/mol. The average molecular weight is 319 g/mol. The number of hydrogen-bond acceptors (Lipinski definition) is 3. The molecule has 0 aliphatic heterocycles. The predicted octanol–water partition coefficient (Wildman–Crippen LogP) is 2.27. The number of rotatable bonds is 4. The number of urea groups is 1. The van der Waals surface area contributed by atoms with Gasteiger partial charge in [-0.2, -0.15) is 0 Å². The van der Waals surface area contributed by atoms with Crippen LogP contribution in [0.2, 0.25) is 0 Å². The van der Waals surface area contributed by atoms with Gasteiger partial charge in [-0.25, -0.2) is 9.18 Å². The van der Waals surface area contributed by atoms with Gasteiger partial charge in [-0.3, -0.25) is 4.79 Å². The summed E-state index contributed by atoms with van der Waals surface area (Å²) in [6.45, 7) is 1.68. The SMILES string of the molecule is CCOC(=O)CNC(=O)Nc1ccc(Br)c(F)c1. The fourth-order valence-corrected chi connectivity index (χ4v) is 1.36. The van der Waals surface area contributed by atoms with Gasteiger partial charge in [0.2, 0.25) is 0 Å². The maximum Gasteiger partial charge on any atom is 0.325 e. The minimum atomic E-state index is -0.607. The Balaban J connectivity index is 2.44. The number of hydrogen-bond donors (Lipinski definition) is 2. The topological polar surface area (TPSA) is 67.4 Å². The first-order valence-corrected chi connectivity index (χ1v) is 5.97. The van der Waals surface area contributed by atoms with Gasteiger partial charge < -0.3 is 15.4 Å². The number of nitrogens with one attached hydrogen (secondary N) is 2. The van der Waals surface area contributed by atoms with E-state index in [1.54, 1.807) is 6.92 Å². The molecule has 0 unspecified atom stereocenters. The lowest BCUT2D eigenvalue weighted by molar-refractivity contribution is -0.141. The molecule has 1 rings (SSSR count). The number of benzene rings is 1. The van der Waals surface area contributed by atoms with Crippen molar-refractivity contribution >= 4 is 33.6 Å². The largest absolute Gasteiger partial charge is 0.465 e. The van der Waals surface area contributed by atoms with Gasteiger partial charge in [0.25, 0.3) is 0 Å². The molecule has 2 N–H and O–H groups in total. The summed E-state index contributed by atoms with van der Waals surface area (Å²) in [7, 11) is 0. The van der Waals surface area contributed by atoms with Crippen LogP contribution in [0.1, 0.15) is 6.92 Å². The first-order valence-electron chi connectivity index (χ1n) is 5.18. The van der Waals surface area contributed by atoms with Crippen LogP contribution in [0.5, 0.6) is 0 Å². The number of anilines is 1. The minimum absolute atomic E-state index is 0.237. The third-order valence-corrected chi connectivity index (χ3v) is 2.52. The number of halogens is 2. The van der Waals surface area contributed by atoms with Crippen LogP contribution in [0, 0.1) is 5.82 Å². The molecule has 0 spiro atoms. The molecule has 0 fully saturated rings. The zero-order chi connectivity index (χ0) is 13.5. The van der Waals surface area contributed by atoms with Crippen LogP contribution in [0.4, 0.5) is 14.9 Å². The summed E-state index contributed by atoms with van der Waals surface area (Å²) in [4.78, 5) is 22.3. The summed E-state index contributed by atoms with van der Waals surface area (Å²) in [6, 6.07) is 3.55. The summed E-state index contributed by atoms with van der Waals surface area (Å²) < 4.78 is 18.1. The fraction of sp³-hybridized carbons (Fsp3) is 0.273. The highest BCUT2D eigenvalue weighted by Gasteiger charge is 2.07. The van der Waals surface area contributed by atoms with E-state index in [9.17, 15) is 14.0 Å². The molecule has 0 aliphatic rings. The molecule has 0 saturated heterocycles. The molecule has 0 radical (unpaired) electrons. The lowest BCUT2D eigenvalue weighted by atomic mass is 10.3. The summed E-state index contributed by atoms with van der Waals surface area (Å²) in [5.41, 5.74) is 0.289. The monoisotopic (exact) mass is 318 g/mol. The van der Waals surface area contributed by atoms with E-state index >= 15 is 0 Å². The first-order chi connectivity index (χ1) is 8.52. The lowest BCUT2D eigenvalue weighted by Gasteiger charge is -2.07. The Labute approximate surface area is 112 Å². The zero-order valence-electron chi connectivity index (χ0n) is 9.63. The molecule has 0 heterocycles. The maximum absolute atomic E-state index is 13.2. The maximum atomic E-state index is 13.2. The fourth-order valence-electron chi connectivity index (χ4n) is 1.11. The standard InChI is InChI=1S/C11H12BrFN2O3/c1-2-18-10(16)6-14-11(17)15-7-3-4-8(12)9(13)5-7/h3-5H,2,6H2,1H3,(H2,14,15,17). The van der Waals surface area contributed by atoms with Crippen LogP contribution < -0.4 is 10.6 Å². The molecule has 98 valence electrons. The third-order valence-electron chi connectivity index (χ3n) is 1.88. The number of ether oxygens (including phenoxy) is 1. The normalized spacial score (nSPS) is 9.72. The van der Waals surface area contributed by atoms with Gasteiger partial charge in [0.1, 0.15) is 12.4 Å². The number of amides is 2. The van der Waals surface area contributed by atoms with Gasteiger partial charge >= 0.3 is 12.0 Å². The Morgan fingerprint density at radius 3 is 2.78 bits per heavy atom. The van der Waals surface area contributed by atoms with Gasteiger partial charge in [0.05, 0.1) is 11.1 Å². The highest BCUT2D eigenvalue weighted by atomic mass is 79.9. The van der Waals surface area contributed by atoms with Crippen molar-refractivity contribution in [2.75, 3.05) is 18.5 Å².